The normalized spacial score (nSPS) is 14.9. The molecule has 0 aliphatic carbocycles. The smallest absolute Gasteiger partial charge is 0.287 e. The summed E-state index contributed by atoms with van der Waals surface area (Å²) in [4.78, 5) is 26.8. The highest BCUT2D eigenvalue weighted by Crippen LogP contribution is 2.17. The molecule has 10 heteroatoms. The summed E-state index contributed by atoms with van der Waals surface area (Å²) in [6.45, 7) is 4.34. The topological polar surface area (TPSA) is 100 Å². The monoisotopic (exact) mass is 457 g/mol. The Morgan fingerprint density at radius 2 is 1.88 bits per heavy atom. The Hall–Kier alpha value is -3.11. The minimum atomic E-state index is -0.312. The number of rotatable bonds is 7. The van der Waals surface area contributed by atoms with Gasteiger partial charge in [-0.05, 0) is 49.6 Å². The number of piperidine rings is 1. The number of nitrogens with one attached hydrogen (secondary N) is 2. The van der Waals surface area contributed by atoms with Gasteiger partial charge in [-0.15, -0.1) is 10.2 Å². The Kier molecular flexibility index (Phi) is 6.91. The van der Waals surface area contributed by atoms with Gasteiger partial charge in [0.05, 0.1) is 6.54 Å². The van der Waals surface area contributed by atoms with E-state index in [1.807, 2.05) is 6.92 Å². The van der Waals surface area contributed by atoms with E-state index in [2.05, 4.69) is 25.7 Å². The molecule has 168 valence electrons. The van der Waals surface area contributed by atoms with Gasteiger partial charge >= 0.3 is 0 Å². The van der Waals surface area contributed by atoms with Gasteiger partial charge in [0.15, 0.2) is 5.76 Å². The van der Waals surface area contributed by atoms with E-state index in [-0.39, 0.29) is 23.7 Å². The van der Waals surface area contributed by atoms with E-state index in [1.165, 1.54) is 23.5 Å². The summed E-state index contributed by atoms with van der Waals surface area (Å²) in [6.07, 6.45) is 1.66. The maximum atomic E-state index is 13.0. The van der Waals surface area contributed by atoms with Crippen LogP contribution in [0.1, 0.15) is 49.5 Å². The van der Waals surface area contributed by atoms with Gasteiger partial charge in [0.1, 0.15) is 16.6 Å². The Labute approximate surface area is 188 Å². The molecule has 32 heavy (non-hydrogen) atoms. The van der Waals surface area contributed by atoms with Crippen LogP contribution in [-0.4, -0.2) is 46.0 Å². The minimum absolute atomic E-state index is 0.103. The summed E-state index contributed by atoms with van der Waals surface area (Å²) in [5, 5.41) is 15.0. The molecule has 8 nitrogen and oxygen atoms in total. The lowest BCUT2D eigenvalue weighted by Crippen LogP contribution is -2.44. The first-order valence-corrected chi connectivity index (χ1v) is 11.2. The highest BCUT2D eigenvalue weighted by molar-refractivity contribution is 7.13. The summed E-state index contributed by atoms with van der Waals surface area (Å²) in [7, 11) is 0. The van der Waals surface area contributed by atoms with Crippen molar-refractivity contribution >= 4 is 23.2 Å². The Morgan fingerprint density at radius 1 is 1.12 bits per heavy atom. The number of furan rings is 1. The average molecular weight is 458 g/mol. The molecule has 3 aromatic rings. The number of aromatic nitrogens is 2. The van der Waals surface area contributed by atoms with E-state index in [1.54, 1.807) is 24.3 Å². The first kappa shape index (κ1) is 22.1. The van der Waals surface area contributed by atoms with Crippen LogP contribution in [-0.2, 0) is 13.1 Å². The Bertz CT molecular complexity index is 1070. The number of carbonyl (C=O) groups excluding carboxylic acids is 2. The number of amides is 2. The molecule has 2 N–H and O–H groups in total. The standard InChI is InChI=1S/C22H24FN5O3S/c1-14-2-7-18(31-14)20(29)25-17-8-10-28(11-9-17)13-19-26-27-22(32-19)21(30)24-12-15-3-5-16(23)6-4-15/h2-7,17H,8-13H2,1H3,(H,24,30)(H,25,29). The summed E-state index contributed by atoms with van der Waals surface area (Å²) < 4.78 is 18.3. The zero-order valence-corrected chi connectivity index (χ0v) is 18.5. The molecule has 1 saturated heterocycles. The van der Waals surface area contributed by atoms with Gasteiger partial charge in [0.25, 0.3) is 11.8 Å². The number of nitrogens with zero attached hydrogens (tertiary/aromatic N) is 3. The van der Waals surface area contributed by atoms with E-state index in [0.717, 1.165) is 36.5 Å². The fourth-order valence-electron chi connectivity index (χ4n) is 3.51. The molecule has 0 unspecified atom stereocenters. The van der Waals surface area contributed by atoms with E-state index in [0.29, 0.717) is 29.6 Å². The molecule has 0 bridgehead atoms. The predicted octanol–water partition coefficient (Wildman–Crippen LogP) is 2.90. The van der Waals surface area contributed by atoms with Crippen molar-refractivity contribution in [2.24, 2.45) is 0 Å². The Balaban J connectivity index is 1.21. The summed E-state index contributed by atoms with van der Waals surface area (Å²) in [5.74, 6) is 0.257. The maximum absolute atomic E-state index is 13.0. The second-order valence-electron chi connectivity index (χ2n) is 7.74. The molecule has 1 aromatic carbocycles. The molecule has 0 saturated carbocycles. The molecule has 4 rings (SSSR count). The van der Waals surface area contributed by atoms with Crippen molar-refractivity contribution in [3.8, 4) is 0 Å². The van der Waals surface area contributed by atoms with Gasteiger partial charge in [-0.3, -0.25) is 14.5 Å². The van der Waals surface area contributed by atoms with Gasteiger partial charge in [-0.25, -0.2) is 4.39 Å². The number of carbonyl (C=O) groups is 2. The number of aryl methyl sites for hydroxylation is 1. The number of likely N-dealkylation sites (tertiary alicyclic amines) is 1. The lowest BCUT2D eigenvalue weighted by atomic mass is 10.0. The van der Waals surface area contributed by atoms with E-state index in [4.69, 9.17) is 4.42 Å². The van der Waals surface area contributed by atoms with Crippen LogP contribution in [0.25, 0.3) is 0 Å². The van der Waals surface area contributed by atoms with Crippen molar-refractivity contribution in [2.75, 3.05) is 13.1 Å². The largest absolute Gasteiger partial charge is 0.456 e. The molecule has 2 aromatic heterocycles. The third-order valence-electron chi connectivity index (χ3n) is 5.27. The number of hydrogen-bond acceptors (Lipinski definition) is 7. The summed E-state index contributed by atoms with van der Waals surface area (Å²) in [5.41, 5.74) is 0.807. The fraction of sp³-hybridized carbons (Fsp3) is 0.364. The molecular formula is C22H24FN5O3S. The van der Waals surface area contributed by atoms with Crippen LogP contribution < -0.4 is 10.6 Å². The number of halogens is 1. The van der Waals surface area contributed by atoms with Crippen molar-refractivity contribution in [1.29, 1.82) is 0 Å². The highest BCUT2D eigenvalue weighted by atomic mass is 32.1. The van der Waals surface area contributed by atoms with Crippen molar-refractivity contribution in [3.05, 3.63) is 69.3 Å². The van der Waals surface area contributed by atoms with Gasteiger partial charge in [-0.1, -0.05) is 23.5 Å². The number of benzene rings is 1. The van der Waals surface area contributed by atoms with E-state index in [9.17, 15) is 14.0 Å². The summed E-state index contributed by atoms with van der Waals surface area (Å²) >= 11 is 1.27. The van der Waals surface area contributed by atoms with E-state index < -0.39 is 0 Å². The zero-order chi connectivity index (χ0) is 22.5. The average Bonchev–Trinajstić information content (AvgIpc) is 3.44. The van der Waals surface area contributed by atoms with Crippen molar-refractivity contribution < 1.29 is 18.4 Å². The van der Waals surface area contributed by atoms with Crippen molar-refractivity contribution in [2.45, 2.75) is 38.9 Å². The molecule has 1 aliphatic heterocycles. The fourth-order valence-corrected chi connectivity index (χ4v) is 4.31. The quantitative estimate of drug-likeness (QED) is 0.566. The van der Waals surface area contributed by atoms with Gasteiger partial charge in [-0.2, -0.15) is 0 Å². The maximum Gasteiger partial charge on any atom is 0.287 e. The molecule has 3 heterocycles. The zero-order valence-electron chi connectivity index (χ0n) is 17.6. The van der Waals surface area contributed by atoms with Crippen LogP contribution in [0.2, 0.25) is 0 Å². The molecule has 1 aliphatic rings. The lowest BCUT2D eigenvalue weighted by molar-refractivity contribution is 0.0878. The van der Waals surface area contributed by atoms with Gasteiger partial charge in [0.2, 0.25) is 5.01 Å². The third-order valence-corrected chi connectivity index (χ3v) is 6.18. The van der Waals surface area contributed by atoms with Crippen LogP contribution in [0.5, 0.6) is 0 Å². The minimum Gasteiger partial charge on any atom is -0.456 e. The molecule has 0 atom stereocenters. The van der Waals surface area contributed by atoms with Crippen LogP contribution in [0.15, 0.2) is 40.8 Å². The first-order chi connectivity index (χ1) is 15.5. The Morgan fingerprint density at radius 3 is 2.56 bits per heavy atom. The molecule has 0 spiro atoms. The molecular weight excluding hydrogens is 433 g/mol. The molecule has 2 amide bonds. The van der Waals surface area contributed by atoms with Gasteiger partial charge in [0, 0.05) is 25.7 Å². The third kappa shape index (κ3) is 5.77. The molecule has 1 fully saturated rings. The second-order valence-corrected chi connectivity index (χ2v) is 8.81. The van der Waals surface area contributed by atoms with Crippen LogP contribution in [0.4, 0.5) is 4.39 Å². The van der Waals surface area contributed by atoms with Crippen molar-refractivity contribution in [1.82, 2.24) is 25.7 Å². The first-order valence-electron chi connectivity index (χ1n) is 10.4. The van der Waals surface area contributed by atoms with Crippen LogP contribution >= 0.6 is 11.3 Å². The predicted molar refractivity (Wildman–Crippen MR) is 117 cm³/mol. The summed E-state index contributed by atoms with van der Waals surface area (Å²) in [6, 6.07) is 9.53. The van der Waals surface area contributed by atoms with Crippen molar-refractivity contribution in [3.63, 3.8) is 0 Å². The second kappa shape index (κ2) is 10.0. The number of hydrogen-bond donors (Lipinski definition) is 2. The van der Waals surface area contributed by atoms with E-state index >= 15 is 0 Å². The van der Waals surface area contributed by atoms with Crippen LogP contribution in [0.3, 0.4) is 0 Å². The van der Waals surface area contributed by atoms with Gasteiger partial charge < -0.3 is 15.1 Å². The molecule has 0 radical (unpaired) electrons. The lowest BCUT2D eigenvalue weighted by Gasteiger charge is -2.31. The SMILES string of the molecule is Cc1ccc(C(=O)NC2CCN(Cc3nnc(C(=O)NCc4ccc(F)cc4)s3)CC2)o1. The van der Waals surface area contributed by atoms with Crippen LogP contribution in [0, 0.1) is 12.7 Å². The highest BCUT2D eigenvalue weighted by Gasteiger charge is 2.23.